The zero-order valence-electron chi connectivity index (χ0n) is 9.75. The molecule has 0 amide bonds. The van der Waals surface area contributed by atoms with Gasteiger partial charge in [-0.25, -0.2) is 0 Å². The molecule has 1 atom stereocenters. The van der Waals surface area contributed by atoms with E-state index in [2.05, 4.69) is 25.3 Å². The van der Waals surface area contributed by atoms with Gasteiger partial charge < -0.3 is 5.73 Å². The highest BCUT2D eigenvalue weighted by molar-refractivity contribution is 7.10. The quantitative estimate of drug-likeness (QED) is 0.805. The van der Waals surface area contributed by atoms with E-state index in [0.717, 1.165) is 0 Å². The van der Waals surface area contributed by atoms with Gasteiger partial charge in [0.1, 0.15) is 0 Å². The van der Waals surface area contributed by atoms with Crippen molar-refractivity contribution in [2.45, 2.75) is 52.0 Å². The third-order valence-electron chi connectivity index (χ3n) is 3.86. The molecule has 15 heavy (non-hydrogen) atoms. The summed E-state index contributed by atoms with van der Waals surface area (Å²) in [7, 11) is 0. The van der Waals surface area contributed by atoms with Gasteiger partial charge in [-0.1, -0.05) is 26.2 Å². The summed E-state index contributed by atoms with van der Waals surface area (Å²) in [5.74, 6) is 0. The lowest BCUT2D eigenvalue weighted by atomic mass is 9.69. The second-order valence-electron chi connectivity index (χ2n) is 5.18. The van der Waals surface area contributed by atoms with Crippen molar-refractivity contribution in [2.75, 3.05) is 0 Å². The number of rotatable bonds is 2. The van der Waals surface area contributed by atoms with E-state index in [-0.39, 0.29) is 6.04 Å². The van der Waals surface area contributed by atoms with Gasteiger partial charge in [0.25, 0.3) is 0 Å². The fourth-order valence-corrected chi connectivity index (χ4v) is 3.44. The second-order valence-corrected chi connectivity index (χ2v) is 6.30. The summed E-state index contributed by atoms with van der Waals surface area (Å²) >= 11 is 1.82. The van der Waals surface area contributed by atoms with E-state index in [1.165, 1.54) is 42.5 Å². The largest absolute Gasteiger partial charge is 0.323 e. The normalized spacial score (nSPS) is 22.6. The standard InChI is InChI=1S/C13H21NS/c1-10-8-11(9-15-10)12(14)13(2)6-4-3-5-7-13/h8-9,12H,3-7,14H2,1-2H3. The van der Waals surface area contributed by atoms with Gasteiger partial charge in [0.05, 0.1) is 0 Å². The highest BCUT2D eigenvalue weighted by Gasteiger charge is 2.34. The van der Waals surface area contributed by atoms with Gasteiger partial charge >= 0.3 is 0 Å². The van der Waals surface area contributed by atoms with Crippen LogP contribution in [-0.2, 0) is 0 Å². The molecule has 1 aliphatic rings. The average molecular weight is 223 g/mol. The lowest BCUT2D eigenvalue weighted by Crippen LogP contribution is -2.33. The fraction of sp³-hybridized carbons (Fsp3) is 0.692. The maximum Gasteiger partial charge on any atom is 0.0357 e. The Labute approximate surface area is 96.7 Å². The Morgan fingerprint density at radius 2 is 2.00 bits per heavy atom. The molecular formula is C13H21NS. The molecule has 0 bridgehead atoms. The number of hydrogen-bond acceptors (Lipinski definition) is 2. The summed E-state index contributed by atoms with van der Waals surface area (Å²) in [6, 6.07) is 2.50. The van der Waals surface area contributed by atoms with Crippen LogP contribution in [-0.4, -0.2) is 0 Å². The average Bonchev–Trinajstić information content (AvgIpc) is 2.65. The Morgan fingerprint density at radius 3 is 2.53 bits per heavy atom. The molecule has 1 saturated carbocycles. The molecule has 84 valence electrons. The maximum absolute atomic E-state index is 6.42. The molecule has 2 N–H and O–H groups in total. The van der Waals surface area contributed by atoms with Crippen molar-refractivity contribution in [3.63, 3.8) is 0 Å². The molecule has 1 aliphatic carbocycles. The lowest BCUT2D eigenvalue weighted by Gasteiger charge is -2.38. The molecule has 1 unspecified atom stereocenters. The molecule has 1 aromatic heterocycles. The van der Waals surface area contributed by atoms with E-state index >= 15 is 0 Å². The van der Waals surface area contributed by atoms with Crippen molar-refractivity contribution in [1.82, 2.24) is 0 Å². The van der Waals surface area contributed by atoms with E-state index in [9.17, 15) is 0 Å². The predicted octanol–water partition coefficient (Wildman–Crippen LogP) is 4.03. The van der Waals surface area contributed by atoms with Crippen molar-refractivity contribution in [3.8, 4) is 0 Å². The van der Waals surface area contributed by atoms with E-state index in [0.29, 0.717) is 5.41 Å². The summed E-state index contributed by atoms with van der Waals surface area (Å²) in [4.78, 5) is 1.37. The zero-order valence-corrected chi connectivity index (χ0v) is 10.6. The molecule has 0 aromatic carbocycles. The van der Waals surface area contributed by atoms with Crippen LogP contribution in [0.2, 0.25) is 0 Å². The minimum atomic E-state index is 0.239. The van der Waals surface area contributed by atoms with Crippen LogP contribution >= 0.6 is 11.3 Å². The lowest BCUT2D eigenvalue weighted by molar-refractivity contribution is 0.170. The number of thiophene rings is 1. The van der Waals surface area contributed by atoms with Gasteiger partial charge in [-0.05, 0) is 42.2 Å². The van der Waals surface area contributed by atoms with Crippen LogP contribution < -0.4 is 5.73 Å². The molecule has 1 heterocycles. The number of nitrogens with two attached hydrogens (primary N) is 1. The summed E-state index contributed by atoms with van der Waals surface area (Å²) in [5, 5.41) is 2.24. The molecule has 0 saturated heterocycles. The summed E-state index contributed by atoms with van der Waals surface area (Å²) in [6.45, 7) is 4.52. The smallest absolute Gasteiger partial charge is 0.0357 e. The number of hydrogen-bond donors (Lipinski definition) is 1. The van der Waals surface area contributed by atoms with Crippen molar-refractivity contribution >= 4 is 11.3 Å². The van der Waals surface area contributed by atoms with E-state index < -0.39 is 0 Å². The van der Waals surface area contributed by atoms with E-state index in [1.54, 1.807) is 0 Å². The predicted molar refractivity (Wildman–Crippen MR) is 67.2 cm³/mol. The Bertz CT molecular complexity index is 323. The Balaban J connectivity index is 2.15. The van der Waals surface area contributed by atoms with Gasteiger partial charge in [0.2, 0.25) is 0 Å². The van der Waals surface area contributed by atoms with Crippen LogP contribution in [0.1, 0.15) is 55.5 Å². The SMILES string of the molecule is Cc1cc(C(N)C2(C)CCCCC2)cs1. The highest BCUT2D eigenvalue weighted by atomic mass is 32.1. The van der Waals surface area contributed by atoms with Gasteiger partial charge in [-0.3, -0.25) is 0 Å². The molecule has 2 rings (SSSR count). The minimum Gasteiger partial charge on any atom is -0.323 e. The van der Waals surface area contributed by atoms with Crippen molar-refractivity contribution in [1.29, 1.82) is 0 Å². The Morgan fingerprint density at radius 1 is 1.33 bits per heavy atom. The third kappa shape index (κ3) is 2.26. The van der Waals surface area contributed by atoms with Crippen LogP contribution in [0, 0.1) is 12.3 Å². The Hall–Kier alpha value is -0.340. The first kappa shape index (κ1) is 11.2. The van der Waals surface area contributed by atoms with E-state index in [1.807, 2.05) is 11.3 Å². The summed E-state index contributed by atoms with van der Waals surface area (Å²) in [5.41, 5.74) is 8.11. The highest BCUT2D eigenvalue weighted by Crippen LogP contribution is 2.44. The molecule has 2 heteroatoms. The van der Waals surface area contributed by atoms with Crippen LogP contribution in [0.5, 0.6) is 0 Å². The molecule has 0 aliphatic heterocycles. The second kappa shape index (κ2) is 4.26. The molecule has 0 spiro atoms. The Kier molecular flexibility index (Phi) is 3.17. The molecule has 1 fully saturated rings. The van der Waals surface area contributed by atoms with Crippen LogP contribution in [0.3, 0.4) is 0 Å². The van der Waals surface area contributed by atoms with Crippen molar-refractivity contribution in [3.05, 3.63) is 21.9 Å². The first-order valence-corrected chi connectivity index (χ1v) is 6.80. The van der Waals surface area contributed by atoms with Gasteiger partial charge in [-0.15, -0.1) is 11.3 Å². The monoisotopic (exact) mass is 223 g/mol. The van der Waals surface area contributed by atoms with Crippen LogP contribution in [0.25, 0.3) is 0 Å². The van der Waals surface area contributed by atoms with Crippen LogP contribution in [0.4, 0.5) is 0 Å². The van der Waals surface area contributed by atoms with E-state index in [4.69, 9.17) is 5.73 Å². The van der Waals surface area contributed by atoms with Gasteiger partial charge in [0, 0.05) is 10.9 Å². The fourth-order valence-electron chi connectivity index (χ4n) is 2.70. The number of aryl methyl sites for hydroxylation is 1. The van der Waals surface area contributed by atoms with Gasteiger partial charge in [-0.2, -0.15) is 0 Å². The molecular weight excluding hydrogens is 202 g/mol. The topological polar surface area (TPSA) is 26.0 Å². The third-order valence-corrected chi connectivity index (χ3v) is 4.74. The molecule has 1 aromatic rings. The zero-order chi connectivity index (χ0) is 10.9. The first-order valence-electron chi connectivity index (χ1n) is 5.92. The summed E-state index contributed by atoms with van der Waals surface area (Å²) in [6.07, 6.45) is 6.69. The molecule has 1 nitrogen and oxygen atoms in total. The van der Waals surface area contributed by atoms with Crippen LogP contribution in [0.15, 0.2) is 11.4 Å². The van der Waals surface area contributed by atoms with Crippen molar-refractivity contribution < 1.29 is 0 Å². The minimum absolute atomic E-state index is 0.239. The molecule has 0 radical (unpaired) electrons. The van der Waals surface area contributed by atoms with Crippen molar-refractivity contribution in [2.24, 2.45) is 11.1 Å². The maximum atomic E-state index is 6.42. The first-order chi connectivity index (χ1) is 7.12. The summed E-state index contributed by atoms with van der Waals surface area (Å²) < 4.78 is 0. The van der Waals surface area contributed by atoms with Gasteiger partial charge in [0.15, 0.2) is 0 Å².